The third kappa shape index (κ3) is 8.05. The minimum Gasteiger partial charge on any atom is -0.392 e. The van der Waals surface area contributed by atoms with Gasteiger partial charge in [0, 0.05) is 12.6 Å². The Morgan fingerprint density at radius 2 is 1.56 bits per heavy atom. The van der Waals surface area contributed by atoms with E-state index in [0.29, 0.717) is 12.5 Å². The molecule has 1 saturated carbocycles. The van der Waals surface area contributed by atoms with E-state index in [-0.39, 0.29) is 6.10 Å². The Morgan fingerprint density at radius 3 is 2.12 bits per heavy atom. The van der Waals surface area contributed by atoms with Crippen LogP contribution in [0.3, 0.4) is 0 Å². The van der Waals surface area contributed by atoms with Crippen LogP contribution in [-0.2, 0) is 0 Å². The zero-order chi connectivity index (χ0) is 11.8. The van der Waals surface area contributed by atoms with Gasteiger partial charge in [0.1, 0.15) is 0 Å². The predicted octanol–water partition coefficient (Wildman–Crippen LogP) is 0.751. The molecular formula is C12H25NO3. The smallest absolute Gasteiger partial charge is 0.151 e. The monoisotopic (exact) mass is 231 g/mol. The third-order valence-corrected chi connectivity index (χ3v) is 2.97. The van der Waals surface area contributed by atoms with Gasteiger partial charge in [-0.1, -0.05) is 19.3 Å². The lowest BCUT2D eigenvalue weighted by molar-refractivity contribution is -0.0466. The molecule has 1 atom stereocenters. The molecule has 16 heavy (non-hydrogen) atoms. The van der Waals surface area contributed by atoms with Crippen LogP contribution in [0.15, 0.2) is 0 Å². The van der Waals surface area contributed by atoms with Crippen LogP contribution >= 0.6 is 0 Å². The normalized spacial score (nSPS) is 18.0. The van der Waals surface area contributed by atoms with Crippen LogP contribution in [0, 0.1) is 0 Å². The highest BCUT2D eigenvalue weighted by atomic mass is 16.5. The molecule has 4 nitrogen and oxygen atoms in total. The van der Waals surface area contributed by atoms with E-state index in [1.54, 1.807) is 0 Å². The minimum absolute atomic E-state index is 0.218. The highest BCUT2D eigenvalue weighted by Crippen LogP contribution is 2.18. The summed E-state index contributed by atoms with van der Waals surface area (Å²) >= 11 is 0. The maximum atomic E-state index is 9.63. The minimum atomic E-state index is -1.16. The topological polar surface area (TPSA) is 72.7 Å². The van der Waals surface area contributed by atoms with Gasteiger partial charge in [-0.3, -0.25) is 0 Å². The van der Waals surface area contributed by atoms with Gasteiger partial charge in [0.15, 0.2) is 6.29 Å². The summed E-state index contributed by atoms with van der Waals surface area (Å²) in [5.74, 6) is 0. The van der Waals surface area contributed by atoms with Gasteiger partial charge in [-0.15, -0.1) is 0 Å². The van der Waals surface area contributed by atoms with Gasteiger partial charge in [-0.05, 0) is 32.1 Å². The van der Waals surface area contributed by atoms with E-state index in [1.165, 1.54) is 12.8 Å². The summed E-state index contributed by atoms with van der Waals surface area (Å²) in [6.07, 6.45) is 6.41. The van der Waals surface area contributed by atoms with Gasteiger partial charge in [-0.2, -0.15) is 0 Å². The Labute approximate surface area is 97.7 Å². The van der Waals surface area contributed by atoms with E-state index < -0.39 is 6.29 Å². The maximum Gasteiger partial charge on any atom is 0.151 e. The van der Waals surface area contributed by atoms with Crippen molar-refractivity contribution in [1.82, 2.24) is 5.32 Å². The van der Waals surface area contributed by atoms with E-state index in [2.05, 4.69) is 5.32 Å². The van der Waals surface area contributed by atoms with Gasteiger partial charge >= 0.3 is 0 Å². The first-order valence-corrected chi connectivity index (χ1v) is 6.46. The van der Waals surface area contributed by atoms with Crippen LogP contribution in [-0.4, -0.2) is 40.3 Å². The molecule has 96 valence electrons. The third-order valence-electron chi connectivity index (χ3n) is 2.97. The summed E-state index contributed by atoms with van der Waals surface area (Å²) in [6, 6.07) is 0.667. The predicted molar refractivity (Wildman–Crippen MR) is 63.0 cm³/mol. The molecule has 0 spiro atoms. The van der Waals surface area contributed by atoms with E-state index in [9.17, 15) is 5.11 Å². The average molecular weight is 231 g/mol. The second-order valence-electron chi connectivity index (χ2n) is 4.81. The van der Waals surface area contributed by atoms with Crippen molar-refractivity contribution in [1.29, 1.82) is 0 Å². The molecule has 0 aliphatic heterocycles. The molecule has 0 radical (unpaired) electrons. The Balaban J connectivity index is 1.78. The lowest BCUT2D eigenvalue weighted by atomic mass is 10.1. The quantitative estimate of drug-likeness (QED) is 0.331. The van der Waals surface area contributed by atoms with Crippen molar-refractivity contribution in [3.63, 3.8) is 0 Å². The lowest BCUT2D eigenvalue weighted by Crippen LogP contribution is -2.28. The number of hydrogen-bond donors (Lipinski definition) is 4. The molecule has 0 heterocycles. The zero-order valence-corrected chi connectivity index (χ0v) is 9.94. The highest BCUT2D eigenvalue weighted by molar-refractivity contribution is 4.81. The van der Waals surface area contributed by atoms with Crippen LogP contribution in [0.4, 0.5) is 0 Å². The number of aliphatic hydroxyl groups excluding tert-OH is 2. The summed E-state index contributed by atoms with van der Waals surface area (Å²) in [7, 11) is 0. The molecule has 1 aliphatic carbocycles. The fraction of sp³-hybridized carbons (Fsp3) is 1.00. The highest BCUT2D eigenvalue weighted by Gasteiger charge is 2.20. The van der Waals surface area contributed by atoms with Gasteiger partial charge < -0.3 is 20.6 Å². The SMILES string of the molecule is OC(O)CCCCCCC(O)CNC1CC1. The van der Waals surface area contributed by atoms with Gasteiger partial charge in [-0.25, -0.2) is 0 Å². The summed E-state index contributed by atoms with van der Waals surface area (Å²) in [4.78, 5) is 0. The Morgan fingerprint density at radius 1 is 0.938 bits per heavy atom. The molecule has 0 aromatic carbocycles. The van der Waals surface area contributed by atoms with Crippen LogP contribution in [0.2, 0.25) is 0 Å². The molecule has 0 aromatic rings. The first-order valence-electron chi connectivity index (χ1n) is 6.46. The van der Waals surface area contributed by atoms with Crippen molar-refractivity contribution in [2.75, 3.05) is 6.54 Å². The first kappa shape index (κ1) is 13.9. The summed E-state index contributed by atoms with van der Waals surface area (Å²) in [6.45, 7) is 0.722. The molecule has 4 heteroatoms. The Kier molecular flexibility index (Phi) is 6.96. The van der Waals surface area contributed by atoms with Crippen molar-refractivity contribution >= 4 is 0 Å². The van der Waals surface area contributed by atoms with Crippen LogP contribution in [0.25, 0.3) is 0 Å². The van der Waals surface area contributed by atoms with Crippen molar-refractivity contribution in [3.05, 3.63) is 0 Å². The van der Waals surface area contributed by atoms with Crippen molar-refractivity contribution in [2.24, 2.45) is 0 Å². The molecule has 4 N–H and O–H groups in total. The van der Waals surface area contributed by atoms with Crippen LogP contribution in [0.5, 0.6) is 0 Å². The summed E-state index contributed by atoms with van der Waals surface area (Å²) in [5.41, 5.74) is 0. The van der Waals surface area contributed by atoms with E-state index in [4.69, 9.17) is 10.2 Å². The molecule has 1 rings (SSSR count). The Hall–Kier alpha value is -0.160. The van der Waals surface area contributed by atoms with E-state index >= 15 is 0 Å². The van der Waals surface area contributed by atoms with Gasteiger partial charge in [0.2, 0.25) is 0 Å². The molecule has 0 aromatic heterocycles. The van der Waals surface area contributed by atoms with Gasteiger partial charge in [0.25, 0.3) is 0 Å². The maximum absolute atomic E-state index is 9.63. The number of rotatable bonds is 10. The second kappa shape index (κ2) is 8.01. The van der Waals surface area contributed by atoms with E-state index in [1.807, 2.05) is 0 Å². The van der Waals surface area contributed by atoms with Crippen molar-refractivity contribution < 1.29 is 15.3 Å². The fourth-order valence-corrected chi connectivity index (χ4v) is 1.75. The number of unbranched alkanes of at least 4 members (excludes halogenated alkanes) is 3. The van der Waals surface area contributed by atoms with Crippen LogP contribution in [0.1, 0.15) is 51.4 Å². The number of nitrogens with one attached hydrogen (secondary N) is 1. The summed E-state index contributed by atoms with van der Waals surface area (Å²) < 4.78 is 0. The Bertz CT molecular complexity index is 172. The largest absolute Gasteiger partial charge is 0.392 e. The molecule has 1 fully saturated rings. The first-order chi connectivity index (χ1) is 7.68. The standard InChI is InChI=1S/C12H25NO3/c14-11(9-13-10-7-8-10)5-3-1-2-4-6-12(15)16/h10-16H,1-9H2. The van der Waals surface area contributed by atoms with Gasteiger partial charge in [0.05, 0.1) is 6.10 Å². The average Bonchev–Trinajstić information content (AvgIpc) is 3.03. The molecular weight excluding hydrogens is 206 g/mol. The number of aliphatic hydroxyl groups is 3. The van der Waals surface area contributed by atoms with Crippen LogP contribution < -0.4 is 5.32 Å². The fourth-order valence-electron chi connectivity index (χ4n) is 1.75. The number of hydrogen-bond acceptors (Lipinski definition) is 4. The summed E-state index contributed by atoms with van der Waals surface area (Å²) in [5, 5.41) is 30.2. The van der Waals surface area contributed by atoms with Crippen molar-refractivity contribution in [2.45, 2.75) is 69.8 Å². The molecule has 1 unspecified atom stereocenters. The molecule has 0 saturated heterocycles. The molecule has 0 amide bonds. The molecule has 1 aliphatic rings. The van der Waals surface area contributed by atoms with Crippen molar-refractivity contribution in [3.8, 4) is 0 Å². The molecule has 0 bridgehead atoms. The lowest BCUT2D eigenvalue weighted by Gasteiger charge is -2.11. The zero-order valence-electron chi connectivity index (χ0n) is 9.94. The second-order valence-corrected chi connectivity index (χ2v) is 4.81. The van der Waals surface area contributed by atoms with E-state index in [0.717, 1.165) is 38.6 Å².